The summed E-state index contributed by atoms with van der Waals surface area (Å²) < 4.78 is 0. The molecule has 0 fully saturated rings. The SMILES string of the molecule is C=CNC([NH])=O. The van der Waals surface area contributed by atoms with Crippen molar-refractivity contribution in [3.8, 4) is 0 Å². The molecular weight excluding hydrogens is 80.0 g/mol. The van der Waals surface area contributed by atoms with Gasteiger partial charge in [-0.25, -0.2) is 10.5 Å². The van der Waals surface area contributed by atoms with E-state index in [0.29, 0.717) is 0 Å². The average Bonchev–Trinajstić information content (AvgIpc) is 1.35. The summed E-state index contributed by atoms with van der Waals surface area (Å²) in [6, 6.07) is -0.829. The van der Waals surface area contributed by atoms with Crippen LogP contribution in [0.15, 0.2) is 12.8 Å². The molecule has 2 N–H and O–H groups in total. The van der Waals surface area contributed by atoms with E-state index in [4.69, 9.17) is 5.73 Å². The van der Waals surface area contributed by atoms with Crippen LogP contribution in [0, 0.1) is 0 Å². The summed E-state index contributed by atoms with van der Waals surface area (Å²) >= 11 is 0. The topological polar surface area (TPSA) is 52.9 Å². The second kappa shape index (κ2) is 2.26. The third kappa shape index (κ3) is 3.01. The Bertz CT molecular complexity index is 69.2. The number of rotatable bonds is 1. The average molecular weight is 85.1 g/mol. The molecule has 3 nitrogen and oxygen atoms in total. The molecule has 0 aliphatic carbocycles. The number of hydrogen-bond acceptors (Lipinski definition) is 1. The van der Waals surface area contributed by atoms with Gasteiger partial charge in [-0.3, -0.25) is 0 Å². The van der Waals surface area contributed by atoms with Gasteiger partial charge in [0.2, 0.25) is 0 Å². The van der Waals surface area contributed by atoms with E-state index in [-0.39, 0.29) is 0 Å². The molecular formula is C3H5N2O. The molecule has 0 saturated heterocycles. The Morgan fingerprint density at radius 2 is 2.50 bits per heavy atom. The van der Waals surface area contributed by atoms with E-state index in [9.17, 15) is 4.79 Å². The van der Waals surface area contributed by atoms with Crippen LogP contribution < -0.4 is 11.1 Å². The van der Waals surface area contributed by atoms with Gasteiger partial charge in [0.05, 0.1) is 0 Å². The third-order valence-electron chi connectivity index (χ3n) is 0.233. The van der Waals surface area contributed by atoms with Gasteiger partial charge in [-0.05, 0) is 6.20 Å². The van der Waals surface area contributed by atoms with E-state index >= 15 is 0 Å². The number of amides is 2. The Hall–Kier alpha value is -0.990. The van der Waals surface area contributed by atoms with Gasteiger partial charge in [-0.1, -0.05) is 6.58 Å². The smallest absolute Gasteiger partial charge is 0.314 e. The van der Waals surface area contributed by atoms with E-state index in [1.54, 1.807) is 0 Å². The van der Waals surface area contributed by atoms with Crippen LogP contribution in [-0.4, -0.2) is 6.03 Å². The molecule has 0 aliphatic rings. The quantitative estimate of drug-likeness (QED) is 0.483. The second-order valence-corrected chi connectivity index (χ2v) is 0.678. The van der Waals surface area contributed by atoms with E-state index in [2.05, 4.69) is 6.58 Å². The van der Waals surface area contributed by atoms with Crippen molar-refractivity contribution in [1.29, 1.82) is 0 Å². The minimum Gasteiger partial charge on any atom is -0.314 e. The van der Waals surface area contributed by atoms with Crippen molar-refractivity contribution in [2.75, 3.05) is 0 Å². The Morgan fingerprint density at radius 3 is 2.50 bits per heavy atom. The van der Waals surface area contributed by atoms with Crippen LogP contribution in [-0.2, 0) is 0 Å². The van der Waals surface area contributed by atoms with Crippen molar-refractivity contribution >= 4 is 6.03 Å². The Kier molecular flexibility index (Phi) is 1.89. The molecule has 0 aromatic carbocycles. The van der Waals surface area contributed by atoms with E-state index in [1.165, 1.54) is 0 Å². The number of hydrogen-bond donors (Lipinski definition) is 1. The van der Waals surface area contributed by atoms with Crippen LogP contribution in [0.1, 0.15) is 0 Å². The summed E-state index contributed by atoms with van der Waals surface area (Å²) in [5.41, 5.74) is 6.16. The molecule has 0 heterocycles. The fourth-order valence-electron chi connectivity index (χ4n) is 0.0927. The third-order valence-corrected chi connectivity index (χ3v) is 0.233. The highest BCUT2D eigenvalue weighted by Gasteiger charge is 1.78. The highest BCUT2D eigenvalue weighted by molar-refractivity contribution is 5.71. The Morgan fingerprint density at radius 1 is 2.00 bits per heavy atom. The van der Waals surface area contributed by atoms with Crippen LogP contribution in [0.25, 0.3) is 0 Å². The van der Waals surface area contributed by atoms with Crippen LogP contribution in [0.5, 0.6) is 0 Å². The molecule has 0 rings (SSSR count). The standard InChI is InChI=1S/C3H5N2O/c1-2-5-3(4)6/h2,4H,1H2,(H,5,6). The van der Waals surface area contributed by atoms with Crippen molar-refractivity contribution < 1.29 is 4.79 Å². The summed E-state index contributed by atoms with van der Waals surface area (Å²) in [5, 5.41) is 2.00. The van der Waals surface area contributed by atoms with Gasteiger partial charge in [0.25, 0.3) is 0 Å². The fraction of sp³-hybridized carbons (Fsp3) is 0. The van der Waals surface area contributed by atoms with Crippen LogP contribution in [0.2, 0.25) is 0 Å². The molecule has 0 atom stereocenters. The zero-order valence-electron chi connectivity index (χ0n) is 3.19. The summed E-state index contributed by atoms with van der Waals surface area (Å²) in [6.07, 6.45) is 1.16. The van der Waals surface area contributed by atoms with Crippen molar-refractivity contribution in [3.05, 3.63) is 12.8 Å². The zero-order valence-corrected chi connectivity index (χ0v) is 3.19. The minimum atomic E-state index is -0.829. The molecule has 0 unspecified atom stereocenters. The number of urea groups is 1. The molecule has 33 valence electrons. The van der Waals surface area contributed by atoms with Crippen molar-refractivity contribution in [2.24, 2.45) is 0 Å². The molecule has 0 saturated carbocycles. The second-order valence-electron chi connectivity index (χ2n) is 0.678. The maximum Gasteiger partial charge on any atom is 0.337 e. The summed E-state index contributed by atoms with van der Waals surface area (Å²) in [6.45, 7) is 3.15. The molecule has 0 aromatic rings. The highest BCUT2D eigenvalue weighted by Crippen LogP contribution is 1.52. The van der Waals surface area contributed by atoms with Gasteiger partial charge >= 0.3 is 6.03 Å². The lowest BCUT2D eigenvalue weighted by Gasteiger charge is -1.81. The molecule has 0 bridgehead atoms. The predicted octanol–water partition coefficient (Wildman–Crippen LogP) is 0.122. The number of carbonyl (C=O) groups is 1. The van der Waals surface area contributed by atoms with E-state index in [0.717, 1.165) is 6.20 Å². The number of nitrogens with one attached hydrogen (secondary N) is 2. The largest absolute Gasteiger partial charge is 0.337 e. The molecule has 3 heteroatoms. The maximum absolute atomic E-state index is 9.53. The van der Waals surface area contributed by atoms with Crippen LogP contribution in [0.3, 0.4) is 0 Å². The lowest BCUT2D eigenvalue weighted by molar-refractivity contribution is 0.251. The van der Waals surface area contributed by atoms with Gasteiger partial charge in [-0.15, -0.1) is 0 Å². The lowest BCUT2D eigenvalue weighted by atomic mass is 10.9. The lowest BCUT2D eigenvalue weighted by Crippen LogP contribution is -2.13. The fourth-order valence-corrected chi connectivity index (χ4v) is 0.0927. The predicted molar refractivity (Wildman–Crippen MR) is 21.8 cm³/mol. The molecule has 0 spiro atoms. The van der Waals surface area contributed by atoms with E-state index < -0.39 is 6.03 Å². The molecule has 0 aromatic heterocycles. The van der Waals surface area contributed by atoms with Gasteiger partial charge < -0.3 is 5.32 Å². The van der Waals surface area contributed by atoms with Crippen molar-refractivity contribution in [2.45, 2.75) is 0 Å². The first-order valence-electron chi connectivity index (χ1n) is 1.40. The highest BCUT2D eigenvalue weighted by atomic mass is 16.2. The molecule has 0 aliphatic heterocycles. The Balaban J connectivity index is 3.05. The van der Waals surface area contributed by atoms with Gasteiger partial charge in [0, 0.05) is 0 Å². The molecule has 6 heavy (non-hydrogen) atoms. The first-order chi connectivity index (χ1) is 2.77. The van der Waals surface area contributed by atoms with Crippen LogP contribution in [0.4, 0.5) is 4.79 Å². The summed E-state index contributed by atoms with van der Waals surface area (Å²) in [7, 11) is 0. The van der Waals surface area contributed by atoms with Crippen molar-refractivity contribution in [1.82, 2.24) is 11.1 Å². The zero-order chi connectivity index (χ0) is 4.99. The summed E-state index contributed by atoms with van der Waals surface area (Å²) in [5.74, 6) is 0. The normalized spacial score (nSPS) is 6.67. The van der Waals surface area contributed by atoms with E-state index in [1.807, 2.05) is 5.32 Å². The molecule has 2 amide bonds. The minimum absolute atomic E-state index is 0.829. The molecule has 1 radical (unpaired) electrons. The first-order valence-corrected chi connectivity index (χ1v) is 1.40. The number of carbonyl (C=O) groups excluding carboxylic acids is 1. The van der Waals surface area contributed by atoms with Crippen molar-refractivity contribution in [3.63, 3.8) is 0 Å². The first kappa shape index (κ1) is 5.01. The van der Waals surface area contributed by atoms with Gasteiger partial charge in [0.1, 0.15) is 0 Å². The van der Waals surface area contributed by atoms with Gasteiger partial charge in [-0.2, -0.15) is 0 Å². The maximum atomic E-state index is 9.53. The monoisotopic (exact) mass is 85.0 g/mol. The van der Waals surface area contributed by atoms with Gasteiger partial charge in [0.15, 0.2) is 0 Å². The summed E-state index contributed by atoms with van der Waals surface area (Å²) in [4.78, 5) is 9.53. The Labute approximate surface area is 35.8 Å². The van der Waals surface area contributed by atoms with Crippen LogP contribution >= 0.6 is 0 Å².